The van der Waals surface area contributed by atoms with Crippen molar-refractivity contribution in [2.75, 3.05) is 20.3 Å². The number of hydrogen-bond donors (Lipinski definition) is 2. The number of halogens is 1. The van der Waals surface area contributed by atoms with E-state index >= 15 is 0 Å². The van der Waals surface area contributed by atoms with E-state index in [1.807, 2.05) is 37.3 Å². The first-order valence-electron chi connectivity index (χ1n) is 8.89. The first-order valence-corrected chi connectivity index (χ1v) is 9.68. The van der Waals surface area contributed by atoms with Crippen molar-refractivity contribution >= 4 is 32.7 Å². The van der Waals surface area contributed by atoms with Gasteiger partial charge in [0.05, 0.1) is 18.2 Å². The van der Waals surface area contributed by atoms with Gasteiger partial charge in [-0.3, -0.25) is 4.79 Å². The Bertz CT molecular complexity index is 965. The highest BCUT2D eigenvalue weighted by molar-refractivity contribution is 9.10. The highest BCUT2D eigenvalue weighted by Crippen LogP contribution is 2.37. The number of nitrogens with one attached hydrogen (secondary N) is 2. The number of aromatic nitrogens is 1. The average molecular weight is 431 g/mol. The molecule has 0 saturated heterocycles. The molecule has 2 aromatic carbocycles. The van der Waals surface area contributed by atoms with Crippen LogP contribution in [0.25, 0.3) is 22.2 Å². The molecule has 3 rings (SSSR count). The normalized spacial score (nSPS) is 10.8. The van der Waals surface area contributed by atoms with Crippen LogP contribution in [0.15, 0.2) is 40.9 Å². The Morgan fingerprint density at radius 1 is 1.26 bits per heavy atom. The molecule has 0 radical (unpaired) electrons. The molecule has 0 unspecified atom stereocenters. The van der Waals surface area contributed by atoms with E-state index in [9.17, 15) is 4.79 Å². The highest BCUT2D eigenvalue weighted by Gasteiger charge is 2.16. The lowest BCUT2D eigenvalue weighted by Gasteiger charge is -2.09. The van der Waals surface area contributed by atoms with Crippen molar-refractivity contribution in [1.29, 1.82) is 0 Å². The van der Waals surface area contributed by atoms with Gasteiger partial charge in [0.25, 0.3) is 0 Å². The van der Waals surface area contributed by atoms with Gasteiger partial charge in [-0.25, -0.2) is 0 Å². The summed E-state index contributed by atoms with van der Waals surface area (Å²) in [6, 6.07) is 12.1. The molecule has 0 aliphatic heterocycles. The van der Waals surface area contributed by atoms with Gasteiger partial charge in [-0.2, -0.15) is 0 Å². The summed E-state index contributed by atoms with van der Waals surface area (Å²) in [5.74, 6) is 1.58. The van der Waals surface area contributed by atoms with Crippen LogP contribution in [0.3, 0.4) is 0 Å². The lowest BCUT2D eigenvalue weighted by Crippen LogP contribution is -2.22. The average Bonchev–Trinajstić information content (AvgIpc) is 2.98. The summed E-state index contributed by atoms with van der Waals surface area (Å²) in [6.45, 7) is 4.69. The number of ether oxygens (including phenoxy) is 2. The van der Waals surface area contributed by atoms with E-state index in [0.717, 1.165) is 43.7 Å². The molecule has 5 nitrogen and oxygen atoms in total. The van der Waals surface area contributed by atoms with Crippen LogP contribution < -0.4 is 14.8 Å². The molecule has 1 amide bonds. The first kappa shape index (κ1) is 19.3. The maximum atomic E-state index is 11.3. The minimum absolute atomic E-state index is 0.0324. The zero-order chi connectivity index (χ0) is 19.4. The number of benzene rings is 2. The molecular formula is C21H23BrN2O3. The minimum atomic E-state index is -0.0324. The third-order valence-electron chi connectivity index (χ3n) is 4.36. The van der Waals surface area contributed by atoms with Crippen LogP contribution >= 0.6 is 15.9 Å². The molecule has 0 spiro atoms. The molecule has 0 saturated carbocycles. The van der Waals surface area contributed by atoms with E-state index in [2.05, 4.69) is 32.3 Å². The molecule has 0 bridgehead atoms. The van der Waals surface area contributed by atoms with Crippen LogP contribution in [0.1, 0.15) is 19.4 Å². The number of carbonyl (C=O) groups is 1. The van der Waals surface area contributed by atoms with Crippen molar-refractivity contribution in [2.24, 2.45) is 0 Å². The Morgan fingerprint density at radius 3 is 2.78 bits per heavy atom. The van der Waals surface area contributed by atoms with Gasteiger partial charge in [0.1, 0.15) is 11.5 Å². The van der Waals surface area contributed by atoms with Gasteiger partial charge in [-0.05, 0) is 59.1 Å². The predicted octanol–water partition coefficient (Wildman–Crippen LogP) is 4.68. The van der Waals surface area contributed by atoms with E-state index in [-0.39, 0.29) is 5.91 Å². The Hall–Kier alpha value is -2.47. The van der Waals surface area contributed by atoms with Crippen LogP contribution in [0, 0.1) is 0 Å². The van der Waals surface area contributed by atoms with Crippen molar-refractivity contribution < 1.29 is 14.3 Å². The SMILES string of the molecule is CCOc1cccc(-c2[nH]c3cc(Br)c(OC)cc3c2CCNC(C)=O)c1. The van der Waals surface area contributed by atoms with Gasteiger partial charge in [-0.1, -0.05) is 12.1 Å². The summed E-state index contributed by atoms with van der Waals surface area (Å²) >= 11 is 3.55. The number of fused-ring (bicyclic) bond motifs is 1. The molecule has 0 aliphatic carbocycles. The first-order chi connectivity index (χ1) is 13.0. The molecule has 2 N–H and O–H groups in total. The van der Waals surface area contributed by atoms with Gasteiger partial charge in [-0.15, -0.1) is 0 Å². The minimum Gasteiger partial charge on any atom is -0.496 e. The summed E-state index contributed by atoms with van der Waals surface area (Å²) in [5.41, 5.74) is 4.22. The molecule has 6 heteroatoms. The quantitative estimate of drug-likeness (QED) is 0.571. The molecular weight excluding hydrogens is 408 g/mol. The second-order valence-electron chi connectivity index (χ2n) is 6.20. The second kappa shape index (κ2) is 8.48. The number of H-pyrrole nitrogens is 1. The Balaban J connectivity index is 2.12. The zero-order valence-corrected chi connectivity index (χ0v) is 17.3. The maximum absolute atomic E-state index is 11.3. The molecule has 1 aromatic heterocycles. The van der Waals surface area contributed by atoms with Crippen molar-refractivity contribution in [3.8, 4) is 22.8 Å². The molecule has 142 valence electrons. The van der Waals surface area contributed by atoms with Crippen molar-refractivity contribution in [3.63, 3.8) is 0 Å². The number of methoxy groups -OCH3 is 1. The van der Waals surface area contributed by atoms with Crippen LogP contribution in [-0.4, -0.2) is 31.2 Å². The van der Waals surface area contributed by atoms with Gasteiger partial charge in [0, 0.05) is 35.6 Å². The van der Waals surface area contributed by atoms with Gasteiger partial charge in [0.15, 0.2) is 0 Å². The van der Waals surface area contributed by atoms with E-state index in [1.54, 1.807) is 7.11 Å². The summed E-state index contributed by atoms with van der Waals surface area (Å²) in [4.78, 5) is 14.8. The van der Waals surface area contributed by atoms with E-state index in [4.69, 9.17) is 9.47 Å². The summed E-state index contributed by atoms with van der Waals surface area (Å²) < 4.78 is 12.0. The fraction of sp³-hybridized carbons (Fsp3) is 0.286. The van der Waals surface area contributed by atoms with Gasteiger partial charge in [0.2, 0.25) is 5.91 Å². The summed E-state index contributed by atoms with van der Waals surface area (Å²) in [7, 11) is 1.65. The van der Waals surface area contributed by atoms with Gasteiger partial charge < -0.3 is 19.8 Å². The van der Waals surface area contributed by atoms with Crippen LogP contribution in [0.5, 0.6) is 11.5 Å². The van der Waals surface area contributed by atoms with Crippen LogP contribution in [0.2, 0.25) is 0 Å². The Morgan fingerprint density at radius 2 is 2.07 bits per heavy atom. The van der Waals surface area contributed by atoms with Crippen LogP contribution in [0.4, 0.5) is 0 Å². The topological polar surface area (TPSA) is 63.4 Å². The summed E-state index contributed by atoms with van der Waals surface area (Å²) in [5, 5.41) is 3.96. The third kappa shape index (κ3) is 4.27. The molecule has 1 heterocycles. The van der Waals surface area contributed by atoms with Crippen LogP contribution in [-0.2, 0) is 11.2 Å². The molecule has 0 aliphatic rings. The fourth-order valence-electron chi connectivity index (χ4n) is 3.19. The number of carbonyl (C=O) groups excluding carboxylic acids is 1. The van der Waals surface area contributed by atoms with Crippen molar-refractivity contribution in [3.05, 3.63) is 46.4 Å². The maximum Gasteiger partial charge on any atom is 0.216 e. The predicted molar refractivity (Wildman–Crippen MR) is 112 cm³/mol. The highest BCUT2D eigenvalue weighted by atomic mass is 79.9. The Kier molecular flexibility index (Phi) is 6.06. The van der Waals surface area contributed by atoms with Crippen molar-refractivity contribution in [1.82, 2.24) is 10.3 Å². The second-order valence-corrected chi connectivity index (χ2v) is 7.06. The summed E-state index contributed by atoms with van der Waals surface area (Å²) in [6.07, 6.45) is 0.707. The number of rotatable bonds is 7. The van der Waals surface area contributed by atoms with E-state index in [1.165, 1.54) is 6.92 Å². The number of aromatic amines is 1. The van der Waals surface area contributed by atoms with E-state index < -0.39 is 0 Å². The standard InChI is InChI=1S/C21H23BrN2O3/c1-4-27-15-7-5-6-14(10-15)21-16(8-9-23-13(2)25)17-11-20(26-3)18(22)12-19(17)24-21/h5-7,10-12,24H,4,8-9H2,1-3H3,(H,23,25). The fourth-order valence-corrected chi connectivity index (χ4v) is 3.69. The molecule has 0 fully saturated rings. The smallest absolute Gasteiger partial charge is 0.216 e. The third-order valence-corrected chi connectivity index (χ3v) is 4.98. The molecule has 0 atom stereocenters. The largest absolute Gasteiger partial charge is 0.496 e. The lowest BCUT2D eigenvalue weighted by molar-refractivity contribution is -0.118. The monoisotopic (exact) mass is 430 g/mol. The zero-order valence-electron chi connectivity index (χ0n) is 15.7. The molecule has 27 heavy (non-hydrogen) atoms. The molecule has 3 aromatic rings. The number of amides is 1. The van der Waals surface area contributed by atoms with Crippen molar-refractivity contribution in [2.45, 2.75) is 20.3 Å². The Labute approximate surface area is 167 Å². The van der Waals surface area contributed by atoms with Gasteiger partial charge >= 0.3 is 0 Å². The van der Waals surface area contributed by atoms with E-state index in [0.29, 0.717) is 19.6 Å². The number of hydrogen-bond acceptors (Lipinski definition) is 3. The lowest BCUT2D eigenvalue weighted by atomic mass is 10.0.